The van der Waals surface area contributed by atoms with E-state index in [0.29, 0.717) is 0 Å². The van der Waals surface area contributed by atoms with E-state index in [0.717, 1.165) is 41.5 Å². The Labute approximate surface area is 181 Å². The summed E-state index contributed by atoms with van der Waals surface area (Å²) in [5.41, 5.74) is 5.54. The van der Waals surface area contributed by atoms with Crippen molar-refractivity contribution in [2.45, 2.75) is 19.3 Å². The van der Waals surface area contributed by atoms with Crippen molar-refractivity contribution in [2.24, 2.45) is 0 Å². The minimum absolute atomic E-state index is 0.737. The number of H-pyrrole nitrogens is 1. The number of terminal acetylenes is 1. The van der Waals surface area contributed by atoms with E-state index in [-0.39, 0.29) is 0 Å². The second-order valence-electron chi connectivity index (χ2n) is 7.15. The fourth-order valence-electron chi connectivity index (χ4n) is 3.24. The van der Waals surface area contributed by atoms with Crippen LogP contribution >= 0.6 is 0 Å². The fourth-order valence-corrected chi connectivity index (χ4v) is 3.24. The number of nitrogens with zero attached hydrogens (tertiary/aromatic N) is 4. The molecule has 5 nitrogen and oxygen atoms in total. The Bertz CT molecular complexity index is 1260. The second-order valence-corrected chi connectivity index (χ2v) is 7.15. The van der Waals surface area contributed by atoms with E-state index in [9.17, 15) is 0 Å². The molecule has 0 radical (unpaired) electrons. The highest BCUT2D eigenvalue weighted by Gasteiger charge is 2.05. The standard InChI is InChI=1S/C17H15N5.C9H8/c1-2-4-13(5-3-1)6-7-15-12-22(21-19-15)16-8-9-17-14(10-16)11-18-20-17;1-2-6-9-7-4-3-5-8-9/h1-5,8-12H,6-7H2,(H,18,20);1,3-5,7-8H,6H2. The highest BCUT2D eigenvalue weighted by Crippen LogP contribution is 2.16. The SMILES string of the molecule is C#CCc1ccccc1.c1ccc(CCc2cn(-c3ccc4[nH]ncc4c3)nn2)cc1. The van der Waals surface area contributed by atoms with Gasteiger partial charge in [-0.15, -0.1) is 17.4 Å². The lowest BCUT2D eigenvalue weighted by molar-refractivity contribution is 0.794. The van der Waals surface area contributed by atoms with Crippen LogP contribution in [-0.4, -0.2) is 25.2 Å². The largest absolute Gasteiger partial charge is 0.278 e. The van der Waals surface area contributed by atoms with E-state index in [1.807, 2.05) is 65.6 Å². The summed E-state index contributed by atoms with van der Waals surface area (Å²) in [7, 11) is 0. The zero-order chi connectivity index (χ0) is 21.3. The van der Waals surface area contributed by atoms with E-state index in [4.69, 9.17) is 6.42 Å². The van der Waals surface area contributed by atoms with Crippen LogP contribution in [0, 0.1) is 12.3 Å². The lowest BCUT2D eigenvalue weighted by atomic mass is 10.1. The third-order valence-corrected chi connectivity index (χ3v) is 4.89. The number of hydrogen-bond donors (Lipinski definition) is 1. The van der Waals surface area contributed by atoms with E-state index in [1.54, 1.807) is 0 Å². The van der Waals surface area contributed by atoms with Gasteiger partial charge in [-0.3, -0.25) is 5.10 Å². The molecule has 2 aromatic heterocycles. The maximum atomic E-state index is 5.11. The number of aryl methyl sites for hydroxylation is 2. The zero-order valence-corrected chi connectivity index (χ0v) is 17.1. The van der Waals surface area contributed by atoms with Gasteiger partial charge in [-0.05, 0) is 42.2 Å². The van der Waals surface area contributed by atoms with Crippen LogP contribution in [-0.2, 0) is 19.3 Å². The Balaban J connectivity index is 0.000000217. The van der Waals surface area contributed by atoms with Crippen LogP contribution < -0.4 is 0 Å². The molecule has 5 heteroatoms. The number of hydrogen-bond acceptors (Lipinski definition) is 3. The average Bonchev–Trinajstić information content (AvgIpc) is 3.49. The molecule has 1 N–H and O–H groups in total. The molecule has 5 rings (SSSR count). The van der Waals surface area contributed by atoms with Gasteiger partial charge in [0.05, 0.1) is 29.3 Å². The van der Waals surface area contributed by atoms with Crippen molar-refractivity contribution in [3.63, 3.8) is 0 Å². The summed E-state index contributed by atoms with van der Waals surface area (Å²) in [5, 5.41) is 16.5. The van der Waals surface area contributed by atoms with Crippen LogP contribution in [0.5, 0.6) is 0 Å². The van der Waals surface area contributed by atoms with Gasteiger partial charge in [0, 0.05) is 11.8 Å². The van der Waals surface area contributed by atoms with Gasteiger partial charge < -0.3 is 0 Å². The summed E-state index contributed by atoms with van der Waals surface area (Å²) in [6, 6.07) is 26.5. The van der Waals surface area contributed by atoms with Crippen LogP contribution in [0.1, 0.15) is 16.8 Å². The molecule has 0 atom stereocenters. The summed E-state index contributed by atoms with van der Waals surface area (Å²) < 4.78 is 1.81. The smallest absolute Gasteiger partial charge is 0.0835 e. The first-order valence-corrected chi connectivity index (χ1v) is 10.2. The maximum absolute atomic E-state index is 5.11. The highest BCUT2D eigenvalue weighted by atomic mass is 15.4. The first-order valence-electron chi connectivity index (χ1n) is 10.2. The molecule has 0 saturated heterocycles. The normalized spacial score (nSPS) is 10.3. The Morgan fingerprint density at radius 3 is 2.35 bits per heavy atom. The molecule has 31 heavy (non-hydrogen) atoms. The molecule has 0 bridgehead atoms. The van der Waals surface area contributed by atoms with Gasteiger partial charge in [-0.25, -0.2) is 4.68 Å². The Morgan fingerprint density at radius 2 is 1.61 bits per heavy atom. The number of fused-ring (bicyclic) bond motifs is 1. The van der Waals surface area contributed by atoms with Crippen LogP contribution in [0.2, 0.25) is 0 Å². The van der Waals surface area contributed by atoms with Crippen molar-refractivity contribution in [2.75, 3.05) is 0 Å². The monoisotopic (exact) mass is 405 g/mol. The number of aromatic nitrogens is 5. The van der Waals surface area contributed by atoms with Crippen molar-refractivity contribution in [3.05, 3.63) is 108 Å². The van der Waals surface area contributed by atoms with Gasteiger partial charge in [0.1, 0.15) is 0 Å². The van der Waals surface area contributed by atoms with E-state index >= 15 is 0 Å². The predicted octanol–water partition coefficient (Wildman–Crippen LogP) is 4.79. The van der Waals surface area contributed by atoms with E-state index in [2.05, 4.69) is 56.8 Å². The topological polar surface area (TPSA) is 59.4 Å². The number of rotatable bonds is 5. The van der Waals surface area contributed by atoms with E-state index < -0.39 is 0 Å². The summed E-state index contributed by atoms with van der Waals surface area (Å²) in [6.07, 6.45) is 11.5. The van der Waals surface area contributed by atoms with Crippen LogP contribution in [0.25, 0.3) is 16.6 Å². The minimum Gasteiger partial charge on any atom is -0.278 e. The van der Waals surface area contributed by atoms with Crippen LogP contribution in [0.15, 0.2) is 91.3 Å². The first-order chi connectivity index (χ1) is 15.3. The van der Waals surface area contributed by atoms with Crippen molar-refractivity contribution < 1.29 is 0 Å². The molecule has 0 aliphatic rings. The van der Waals surface area contributed by atoms with Gasteiger partial charge in [0.25, 0.3) is 0 Å². The molecule has 0 saturated carbocycles. The quantitative estimate of drug-likeness (QED) is 0.428. The van der Waals surface area contributed by atoms with Crippen molar-refractivity contribution in [1.82, 2.24) is 25.2 Å². The summed E-state index contributed by atoms with van der Waals surface area (Å²) >= 11 is 0. The molecule has 2 heterocycles. The summed E-state index contributed by atoms with van der Waals surface area (Å²) in [6.45, 7) is 0. The number of benzene rings is 3. The lowest BCUT2D eigenvalue weighted by Crippen LogP contribution is -1.94. The minimum atomic E-state index is 0.737. The zero-order valence-electron chi connectivity index (χ0n) is 17.1. The third-order valence-electron chi connectivity index (χ3n) is 4.89. The number of nitrogens with one attached hydrogen (secondary N) is 1. The van der Waals surface area contributed by atoms with Crippen molar-refractivity contribution in [1.29, 1.82) is 0 Å². The molecule has 5 aromatic rings. The third kappa shape index (κ3) is 5.46. The first kappa shape index (κ1) is 20.1. The molecular formula is C26H23N5. The number of aromatic amines is 1. The van der Waals surface area contributed by atoms with Crippen LogP contribution in [0.3, 0.4) is 0 Å². The molecule has 0 aliphatic carbocycles. The van der Waals surface area contributed by atoms with Gasteiger partial charge >= 0.3 is 0 Å². The fraction of sp³-hybridized carbons (Fsp3) is 0.115. The summed E-state index contributed by atoms with van der Waals surface area (Å²) in [4.78, 5) is 0. The van der Waals surface area contributed by atoms with E-state index in [1.165, 1.54) is 11.1 Å². The molecule has 152 valence electrons. The Morgan fingerprint density at radius 1 is 0.871 bits per heavy atom. The van der Waals surface area contributed by atoms with Crippen molar-refractivity contribution in [3.8, 4) is 18.0 Å². The molecule has 0 aliphatic heterocycles. The van der Waals surface area contributed by atoms with Crippen LogP contribution in [0.4, 0.5) is 0 Å². The molecular weight excluding hydrogens is 382 g/mol. The Hall–Kier alpha value is -4.17. The second kappa shape index (κ2) is 10.0. The Kier molecular flexibility index (Phi) is 6.51. The summed E-state index contributed by atoms with van der Waals surface area (Å²) in [5.74, 6) is 2.58. The van der Waals surface area contributed by atoms with Gasteiger partial charge in [0.15, 0.2) is 0 Å². The lowest BCUT2D eigenvalue weighted by Gasteiger charge is -1.99. The highest BCUT2D eigenvalue weighted by molar-refractivity contribution is 5.80. The van der Waals surface area contributed by atoms with Gasteiger partial charge in [0.2, 0.25) is 0 Å². The molecule has 0 fully saturated rings. The average molecular weight is 406 g/mol. The van der Waals surface area contributed by atoms with Crippen molar-refractivity contribution >= 4 is 10.9 Å². The molecule has 0 unspecified atom stereocenters. The van der Waals surface area contributed by atoms with Gasteiger partial charge in [-0.2, -0.15) is 5.10 Å². The molecule has 0 spiro atoms. The molecule has 0 amide bonds. The molecule has 3 aromatic carbocycles. The maximum Gasteiger partial charge on any atom is 0.0835 e. The predicted molar refractivity (Wildman–Crippen MR) is 124 cm³/mol. The van der Waals surface area contributed by atoms with Gasteiger partial charge in [-0.1, -0.05) is 65.9 Å².